The summed E-state index contributed by atoms with van der Waals surface area (Å²) >= 11 is 0. The largest absolute Gasteiger partial charge is 0.454 e. The smallest absolute Gasteiger partial charge is 0.407 e. The highest BCUT2D eigenvalue weighted by Crippen LogP contribution is 2.35. The molecule has 0 radical (unpaired) electrons. The van der Waals surface area contributed by atoms with Crippen LogP contribution in [0.3, 0.4) is 0 Å². The number of hydrogen-bond acceptors (Lipinski definition) is 5. The van der Waals surface area contributed by atoms with Gasteiger partial charge in [0.05, 0.1) is 5.56 Å². The van der Waals surface area contributed by atoms with Crippen molar-refractivity contribution in [3.8, 4) is 11.5 Å². The lowest BCUT2D eigenvalue weighted by molar-refractivity contribution is 0.0501. The van der Waals surface area contributed by atoms with Crippen molar-refractivity contribution in [1.82, 2.24) is 10.2 Å². The molecule has 24 heavy (non-hydrogen) atoms. The summed E-state index contributed by atoms with van der Waals surface area (Å²) in [5, 5.41) is 2.67. The van der Waals surface area contributed by atoms with Crippen LogP contribution in [0.15, 0.2) is 18.2 Å². The molecule has 7 heteroatoms. The fraction of sp³-hybridized carbons (Fsp3) is 0.529. The zero-order chi connectivity index (χ0) is 17.9. The van der Waals surface area contributed by atoms with Gasteiger partial charge in [-0.1, -0.05) is 6.07 Å². The number of carbonyl (C=O) groups is 2. The van der Waals surface area contributed by atoms with Crippen molar-refractivity contribution in [3.05, 3.63) is 23.8 Å². The maximum absolute atomic E-state index is 12.7. The zero-order valence-corrected chi connectivity index (χ0v) is 14.7. The van der Waals surface area contributed by atoms with Crippen LogP contribution in [-0.2, 0) is 4.74 Å². The van der Waals surface area contributed by atoms with Gasteiger partial charge in [-0.3, -0.25) is 4.79 Å². The van der Waals surface area contributed by atoms with E-state index >= 15 is 0 Å². The van der Waals surface area contributed by atoms with E-state index in [2.05, 4.69) is 5.32 Å². The van der Waals surface area contributed by atoms with Gasteiger partial charge < -0.3 is 24.4 Å². The van der Waals surface area contributed by atoms with E-state index < -0.39 is 11.7 Å². The van der Waals surface area contributed by atoms with Gasteiger partial charge in [0.1, 0.15) is 5.60 Å². The van der Waals surface area contributed by atoms with Gasteiger partial charge in [0.2, 0.25) is 6.79 Å². The first-order chi connectivity index (χ1) is 11.2. The number of ether oxygens (including phenoxy) is 3. The molecule has 132 valence electrons. The number of fused-ring (bicyclic) bond motifs is 1. The van der Waals surface area contributed by atoms with Gasteiger partial charge in [-0.15, -0.1) is 0 Å². The molecule has 0 saturated heterocycles. The van der Waals surface area contributed by atoms with Gasteiger partial charge in [0, 0.05) is 19.6 Å². The van der Waals surface area contributed by atoms with E-state index in [1.54, 1.807) is 50.9 Å². The molecular formula is C17H24N2O5. The number of rotatable bonds is 4. The molecule has 1 N–H and O–H groups in total. The summed E-state index contributed by atoms with van der Waals surface area (Å²) in [5.74, 6) is 0.825. The highest BCUT2D eigenvalue weighted by Gasteiger charge is 2.26. The number of para-hydroxylation sites is 1. The highest BCUT2D eigenvalue weighted by molar-refractivity contribution is 5.98. The number of carbonyl (C=O) groups excluding carboxylic acids is 2. The molecule has 1 heterocycles. The van der Waals surface area contributed by atoms with Crippen LogP contribution in [-0.4, -0.2) is 48.9 Å². The van der Waals surface area contributed by atoms with Crippen molar-refractivity contribution in [1.29, 1.82) is 0 Å². The summed E-state index contributed by atoms with van der Waals surface area (Å²) in [6.45, 7) is 7.62. The van der Waals surface area contributed by atoms with Crippen molar-refractivity contribution in [2.24, 2.45) is 0 Å². The molecule has 0 aromatic heterocycles. The Morgan fingerprint density at radius 3 is 2.71 bits per heavy atom. The molecule has 0 saturated carbocycles. The fourth-order valence-electron chi connectivity index (χ4n) is 2.17. The van der Waals surface area contributed by atoms with E-state index in [1.807, 2.05) is 6.92 Å². The molecule has 0 bridgehead atoms. The molecule has 0 spiro atoms. The molecule has 1 aromatic carbocycles. The zero-order valence-electron chi connectivity index (χ0n) is 14.7. The van der Waals surface area contributed by atoms with Gasteiger partial charge >= 0.3 is 6.09 Å². The Labute approximate surface area is 141 Å². The predicted molar refractivity (Wildman–Crippen MR) is 88.4 cm³/mol. The molecule has 1 aliphatic rings. The van der Waals surface area contributed by atoms with Gasteiger partial charge in [-0.2, -0.15) is 0 Å². The monoisotopic (exact) mass is 336 g/mol. The summed E-state index contributed by atoms with van der Waals surface area (Å²) in [6.07, 6.45) is -0.507. The second-order valence-electron chi connectivity index (χ2n) is 6.69. The molecule has 1 atom stereocenters. The average molecular weight is 336 g/mol. The van der Waals surface area contributed by atoms with Crippen molar-refractivity contribution in [3.63, 3.8) is 0 Å². The summed E-state index contributed by atoms with van der Waals surface area (Å²) in [5.41, 5.74) is -0.117. The SMILES string of the molecule is C[C@H](CNC(=O)OC(C)(C)C)N(C)C(=O)c1cccc2c1OCO2. The van der Waals surface area contributed by atoms with E-state index in [4.69, 9.17) is 14.2 Å². The standard InChI is InChI=1S/C17H24N2O5/c1-11(9-18-16(21)24-17(2,3)4)19(5)15(20)12-7-6-8-13-14(12)23-10-22-13/h6-8,11H,9-10H2,1-5H3,(H,18,21)/t11-/m1/s1. The van der Waals surface area contributed by atoms with Gasteiger partial charge in [-0.05, 0) is 39.8 Å². The Kier molecular flexibility index (Phi) is 5.21. The Morgan fingerprint density at radius 2 is 2.04 bits per heavy atom. The van der Waals surface area contributed by atoms with Crippen LogP contribution in [0.5, 0.6) is 11.5 Å². The topological polar surface area (TPSA) is 77.1 Å². The lowest BCUT2D eigenvalue weighted by Gasteiger charge is -2.26. The third-order valence-corrected chi connectivity index (χ3v) is 3.55. The van der Waals surface area contributed by atoms with E-state index in [9.17, 15) is 9.59 Å². The minimum absolute atomic E-state index is 0.110. The second kappa shape index (κ2) is 6.98. The average Bonchev–Trinajstić information content (AvgIpc) is 2.97. The lowest BCUT2D eigenvalue weighted by atomic mass is 10.1. The van der Waals surface area contributed by atoms with Crippen molar-refractivity contribution < 1.29 is 23.8 Å². The van der Waals surface area contributed by atoms with Gasteiger partial charge in [0.15, 0.2) is 11.5 Å². The highest BCUT2D eigenvalue weighted by atomic mass is 16.7. The number of hydrogen-bond donors (Lipinski definition) is 1. The van der Waals surface area contributed by atoms with Gasteiger partial charge in [0.25, 0.3) is 5.91 Å². The molecule has 0 unspecified atom stereocenters. The number of alkyl carbamates (subject to hydrolysis) is 1. The minimum Gasteiger partial charge on any atom is -0.454 e. The minimum atomic E-state index is -0.559. The predicted octanol–water partition coefficient (Wildman–Crippen LogP) is 2.40. The second-order valence-corrected chi connectivity index (χ2v) is 6.69. The van der Waals surface area contributed by atoms with Crippen LogP contribution in [0.4, 0.5) is 4.79 Å². The first kappa shape index (κ1) is 17.9. The third kappa shape index (κ3) is 4.31. The fourth-order valence-corrected chi connectivity index (χ4v) is 2.17. The molecule has 0 fully saturated rings. The molecule has 2 amide bonds. The molecule has 2 rings (SSSR count). The normalized spacial score (nSPS) is 14.0. The van der Waals surface area contributed by atoms with E-state index in [1.165, 1.54) is 0 Å². The summed E-state index contributed by atoms with van der Waals surface area (Å²) in [6, 6.07) is 4.98. The van der Waals surface area contributed by atoms with E-state index in [0.29, 0.717) is 17.1 Å². The number of nitrogens with zero attached hydrogens (tertiary/aromatic N) is 1. The Balaban J connectivity index is 1.96. The molecule has 1 aromatic rings. The van der Waals surface area contributed by atoms with E-state index in [0.717, 1.165) is 0 Å². The number of likely N-dealkylation sites (N-methyl/N-ethyl adjacent to an activating group) is 1. The molecule has 1 aliphatic heterocycles. The molecule has 0 aliphatic carbocycles. The number of nitrogens with one attached hydrogen (secondary N) is 1. The Morgan fingerprint density at radius 1 is 1.33 bits per heavy atom. The molecular weight excluding hydrogens is 312 g/mol. The van der Waals surface area contributed by atoms with Crippen LogP contribution in [0.2, 0.25) is 0 Å². The van der Waals surface area contributed by atoms with Gasteiger partial charge in [-0.25, -0.2) is 4.79 Å². The van der Waals surface area contributed by atoms with E-state index in [-0.39, 0.29) is 25.3 Å². The summed E-state index contributed by atoms with van der Waals surface area (Å²) < 4.78 is 15.8. The maximum Gasteiger partial charge on any atom is 0.407 e. The van der Waals surface area contributed by atoms with Crippen LogP contribution in [0.25, 0.3) is 0 Å². The number of benzene rings is 1. The van der Waals surface area contributed by atoms with Crippen molar-refractivity contribution in [2.45, 2.75) is 39.3 Å². The Hall–Kier alpha value is -2.44. The lowest BCUT2D eigenvalue weighted by Crippen LogP contribution is -2.44. The summed E-state index contributed by atoms with van der Waals surface area (Å²) in [4.78, 5) is 25.9. The number of amides is 2. The van der Waals surface area contributed by atoms with Crippen LogP contribution >= 0.6 is 0 Å². The molecule has 7 nitrogen and oxygen atoms in total. The summed E-state index contributed by atoms with van der Waals surface area (Å²) in [7, 11) is 1.68. The van der Waals surface area contributed by atoms with Crippen LogP contribution in [0.1, 0.15) is 38.1 Å². The quantitative estimate of drug-likeness (QED) is 0.913. The first-order valence-electron chi connectivity index (χ1n) is 7.81. The third-order valence-electron chi connectivity index (χ3n) is 3.55. The first-order valence-corrected chi connectivity index (χ1v) is 7.81. The van der Waals surface area contributed by atoms with Crippen molar-refractivity contribution >= 4 is 12.0 Å². The van der Waals surface area contributed by atoms with Crippen LogP contribution in [0, 0.1) is 0 Å². The Bertz CT molecular complexity index is 624. The van der Waals surface area contributed by atoms with Crippen LogP contribution < -0.4 is 14.8 Å². The maximum atomic E-state index is 12.7. The van der Waals surface area contributed by atoms with Crippen molar-refractivity contribution in [2.75, 3.05) is 20.4 Å².